The lowest BCUT2D eigenvalue weighted by Gasteiger charge is -2.22. The summed E-state index contributed by atoms with van der Waals surface area (Å²) in [6.45, 7) is 5.54. The topological polar surface area (TPSA) is 49.3 Å². The third-order valence-electron chi connectivity index (χ3n) is 2.00. The molecule has 15 heavy (non-hydrogen) atoms. The van der Waals surface area contributed by atoms with E-state index in [0.717, 1.165) is 10.5 Å². The highest BCUT2D eigenvalue weighted by Crippen LogP contribution is 2.10. The molecule has 0 aliphatic heterocycles. The number of benzene rings is 1. The van der Waals surface area contributed by atoms with Crippen LogP contribution in [0.25, 0.3) is 0 Å². The van der Waals surface area contributed by atoms with E-state index in [0.29, 0.717) is 0 Å². The molecule has 0 saturated heterocycles. The van der Waals surface area contributed by atoms with Gasteiger partial charge in [0.25, 0.3) is 0 Å². The van der Waals surface area contributed by atoms with E-state index >= 15 is 0 Å². The molecule has 3 nitrogen and oxygen atoms in total. The van der Waals surface area contributed by atoms with E-state index in [1.807, 2.05) is 31.2 Å². The van der Waals surface area contributed by atoms with Gasteiger partial charge in [0.15, 0.2) is 0 Å². The normalized spacial score (nSPS) is 13.9. The molecular weight excluding hydrogens is 210 g/mol. The number of hydrogen-bond donors (Lipinski definition) is 2. The predicted octanol–water partition coefficient (Wildman–Crippen LogP) is 1.38. The van der Waals surface area contributed by atoms with Gasteiger partial charge in [0.05, 0.1) is 11.5 Å². The van der Waals surface area contributed by atoms with Crippen molar-refractivity contribution in [2.24, 2.45) is 0 Å². The second-order valence-electron chi connectivity index (χ2n) is 4.23. The van der Waals surface area contributed by atoms with Crippen LogP contribution in [0.5, 0.6) is 0 Å². The van der Waals surface area contributed by atoms with E-state index in [2.05, 4.69) is 4.72 Å². The average molecular weight is 227 g/mol. The molecule has 1 aromatic rings. The smallest absolute Gasteiger partial charge is 0.125 e. The van der Waals surface area contributed by atoms with Gasteiger partial charge >= 0.3 is 0 Å². The Balaban J connectivity index is 2.74. The molecule has 0 amide bonds. The Bertz CT molecular complexity index is 346. The minimum Gasteiger partial charge on any atom is -0.394 e. The average Bonchev–Trinajstić information content (AvgIpc) is 2.18. The van der Waals surface area contributed by atoms with E-state index in [1.165, 1.54) is 0 Å². The molecule has 0 radical (unpaired) electrons. The molecule has 1 aromatic carbocycles. The Labute approximate surface area is 93.1 Å². The zero-order valence-electron chi connectivity index (χ0n) is 9.28. The molecule has 0 aromatic heterocycles. The summed E-state index contributed by atoms with van der Waals surface area (Å²) in [4.78, 5) is 0.724. The maximum atomic E-state index is 11.8. The van der Waals surface area contributed by atoms with Gasteiger partial charge in [-0.05, 0) is 32.9 Å². The Hall–Kier alpha value is -0.710. The zero-order chi connectivity index (χ0) is 11.5. The van der Waals surface area contributed by atoms with Crippen molar-refractivity contribution < 1.29 is 9.32 Å². The Morgan fingerprint density at radius 2 is 1.87 bits per heavy atom. The number of aliphatic hydroxyl groups is 1. The van der Waals surface area contributed by atoms with Crippen molar-refractivity contribution >= 4 is 11.0 Å². The van der Waals surface area contributed by atoms with E-state index in [4.69, 9.17) is 5.11 Å². The summed E-state index contributed by atoms with van der Waals surface area (Å²) in [6.07, 6.45) is 0. The highest BCUT2D eigenvalue weighted by molar-refractivity contribution is 7.83. The second-order valence-corrected chi connectivity index (χ2v) is 5.44. The SMILES string of the molecule is Cc1ccc(S(=O)NC(C)(C)CO)cc1. The molecular formula is C11H17NO2S. The molecule has 0 bridgehead atoms. The van der Waals surface area contributed by atoms with Crippen LogP contribution in [0.3, 0.4) is 0 Å². The van der Waals surface area contributed by atoms with Gasteiger partial charge in [-0.25, -0.2) is 8.93 Å². The molecule has 1 unspecified atom stereocenters. The highest BCUT2D eigenvalue weighted by Gasteiger charge is 2.19. The largest absolute Gasteiger partial charge is 0.394 e. The van der Waals surface area contributed by atoms with Crippen molar-refractivity contribution in [2.45, 2.75) is 31.2 Å². The monoisotopic (exact) mass is 227 g/mol. The minimum absolute atomic E-state index is 0.0510. The highest BCUT2D eigenvalue weighted by atomic mass is 32.2. The third-order valence-corrected chi connectivity index (χ3v) is 3.44. The van der Waals surface area contributed by atoms with Gasteiger partial charge in [0.2, 0.25) is 0 Å². The van der Waals surface area contributed by atoms with Crippen LogP contribution in [0.2, 0.25) is 0 Å². The minimum atomic E-state index is -1.27. The summed E-state index contributed by atoms with van der Waals surface area (Å²) in [5, 5.41) is 9.04. The maximum absolute atomic E-state index is 11.8. The first-order chi connectivity index (χ1) is 6.94. The second kappa shape index (κ2) is 4.88. The molecule has 1 rings (SSSR count). The number of nitrogens with one attached hydrogen (secondary N) is 1. The van der Waals surface area contributed by atoms with Crippen molar-refractivity contribution in [3.63, 3.8) is 0 Å². The summed E-state index contributed by atoms with van der Waals surface area (Å²) >= 11 is 0. The molecule has 84 valence electrons. The zero-order valence-corrected chi connectivity index (χ0v) is 10.1. The fourth-order valence-corrected chi connectivity index (χ4v) is 2.07. The molecule has 0 heterocycles. The van der Waals surface area contributed by atoms with E-state index in [9.17, 15) is 4.21 Å². The third kappa shape index (κ3) is 3.74. The Morgan fingerprint density at radius 1 is 1.33 bits per heavy atom. The van der Waals surface area contributed by atoms with Crippen LogP contribution in [0.4, 0.5) is 0 Å². The van der Waals surface area contributed by atoms with Crippen molar-refractivity contribution in [3.8, 4) is 0 Å². The van der Waals surface area contributed by atoms with Crippen LogP contribution in [0, 0.1) is 6.92 Å². The van der Waals surface area contributed by atoms with Crippen LogP contribution in [-0.2, 0) is 11.0 Å². The quantitative estimate of drug-likeness (QED) is 0.816. The lowest BCUT2D eigenvalue weighted by atomic mass is 10.1. The van der Waals surface area contributed by atoms with Gasteiger partial charge < -0.3 is 5.11 Å². The fourth-order valence-electron chi connectivity index (χ4n) is 1.00. The lowest BCUT2D eigenvalue weighted by Crippen LogP contribution is -2.43. The Morgan fingerprint density at radius 3 is 2.33 bits per heavy atom. The summed E-state index contributed by atoms with van der Waals surface area (Å²) < 4.78 is 14.7. The van der Waals surface area contributed by atoms with Gasteiger partial charge in [-0.3, -0.25) is 0 Å². The first-order valence-corrected chi connectivity index (χ1v) is 5.97. The van der Waals surface area contributed by atoms with E-state index < -0.39 is 16.5 Å². The fraction of sp³-hybridized carbons (Fsp3) is 0.455. The lowest BCUT2D eigenvalue weighted by molar-refractivity contribution is 0.210. The Kier molecular flexibility index (Phi) is 4.02. The maximum Gasteiger partial charge on any atom is 0.125 e. The van der Waals surface area contributed by atoms with Gasteiger partial charge in [-0.15, -0.1) is 0 Å². The van der Waals surface area contributed by atoms with Crippen LogP contribution in [0.1, 0.15) is 19.4 Å². The van der Waals surface area contributed by atoms with Crippen molar-refractivity contribution in [2.75, 3.05) is 6.61 Å². The number of aliphatic hydroxyl groups excluding tert-OH is 1. The number of hydrogen-bond acceptors (Lipinski definition) is 2. The summed E-state index contributed by atoms with van der Waals surface area (Å²) in [5.41, 5.74) is 0.604. The van der Waals surface area contributed by atoms with Gasteiger partial charge in [-0.1, -0.05) is 17.7 Å². The van der Waals surface area contributed by atoms with E-state index in [-0.39, 0.29) is 6.61 Å². The van der Waals surface area contributed by atoms with Crippen molar-refractivity contribution in [3.05, 3.63) is 29.8 Å². The van der Waals surface area contributed by atoms with Crippen LogP contribution >= 0.6 is 0 Å². The first kappa shape index (κ1) is 12.4. The molecule has 4 heteroatoms. The van der Waals surface area contributed by atoms with E-state index in [1.54, 1.807) is 13.8 Å². The molecule has 2 N–H and O–H groups in total. The summed E-state index contributed by atoms with van der Waals surface area (Å²) in [6, 6.07) is 7.49. The van der Waals surface area contributed by atoms with Crippen molar-refractivity contribution in [1.82, 2.24) is 4.72 Å². The predicted molar refractivity (Wildman–Crippen MR) is 61.9 cm³/mol. The van der Waals surface area contributed by atoms with Gasteiger partial charge in [-0.2, -0.15) is 0 Å². The molecule has 0 aliphatic carbocycles. The first-order valence-electron chi connectivity index (χ1n) is 4.82. The molecule has 1 atom stereocenters. The molecule has 0 saturated carbocycles. The number of rotatable bonds is 4. The summed E-state index contributed by atoms with van der Waals surface area (Å²) in [7, 11) is -1.27. The molecule has 0 fully saturated rings. The van der Waals surface area contributed by atoms with Crippen LogP contribution < -0.4 is 4.72 Å². The summed E-state index contributed by atoms with van der Waals surface area (Å²) in [5.74, 6) is 0. The standard InChI is InChI=1S/C11H17NO2S/c1-9-4-6-10(7-5-9)15(14)12-11(2,3)8-13/h4-7,12-13H,8H2,1-3H3. The van der Waals surface area contributed by atoms with Gasteiger partial charge in [0.1, 0.15) is 11.0 Å². The number of aryl methyl sites for hydroxylation is 1. The van der Waals surface area contributed by atoms with Crippen LogP contribution in [0.15, 0.2) is 29.2 Å². The molecule has 0 aliphatic rings. The molecule has 0 spiro atoms. The van der Waals surface area contributed by atoms with Gasteiger partial charge in [0, 0.05) is 5.54 Å². The van der Waals surface area contributed by atoms with Crippen LogP contribution in [-0.4, -0.2) is 21.5 Å². The van der Waals surface area contributed by atoms with Crippen molar-refractivity contribution in [1.29, 1.82) is 0 Å².